The number of esters is 2. The van der Waals surface area contributed by atoms with E-state index in [1.54, 1.807) is 34.6 Å². The molecule has 0 bridgehead atoms. The Kier molecular flexibility index (Phi) is 8.22. The monoisotopic (exact) mass is 456 g/mol. The Morgan fingerprint density at radius 3 is 2.18 bits per heavy atom. The average Bonchev–Trinajstić information content (AvgIpc) is 2.69. The molecule has 1 amide bonds. The number of hydrogen-bond acceptors (Lipinski definition) is 6. The number of aryl methyl sites for hydroxylation is 1. The number of benzene rings is 1. The van der Waals surface area contributed by atoms with E-state index in [1.807, 2.05) is 45.0 Å². The number of ether oxygens (including phenoxy) is 2. The number of amides is 1. The predicted octanol–water partition coefficient (Wildman–Crippen LogP) is 4.10. The first-order chi connectivity index (χ1) is 15.3. The molecule has 0 saturated heterocycles. The fourth-order valence-electron chi connectivity index (χ4n) is 4.12. The number of hydrogen-bond donors (Lipinski definition) is 1. The molecule has 2 unspecified atom stereocenters. The van der Waals surface area contributed by atoms with Crippen molar-refractivity contribution in [1.82, 2.24) is 5.32 Å². The van der Waals surface area contributed by atoms with E-state index < -0.39 is 41.3 Å². The van der Waals surface area contributed by atoms with E-state index in [-0.39, 0.29) is 5.92 Å². The number of aliphatic imine (C=N–C) groups is 1. The quantitative estimate of drug-likeness (QED) is 0.651. The maximum atomic E-state index is 13.7. The van der Waals surface area contributed by atoms with Crippen LogP contribution in [0.25, 0.3) is 0 Å². The van der Waals surface area contributed by atoms with Gasteiger partial charge in [-0.3, -0.25) is 14.6 Å². The second kappa shape index (κ2) is 10.3. The Balaban J connectivity index is 2.56. The van der Waals surface area contributed by atoms with Crippen LogP contribution in [0, 0.1) is 18.8 Å². The van der Waals surface area contributed by atoms with Gasteiger partial charge in [-0.25, -0.2) is 4.79 Å². The van der Waals surface area contributed by atoms with Crippen LogP contribution < -0.4 is 5.32 Å². The molecule has 2 rings (SSSR count). The average molecular weight is 457 g/mol. The van der Waals surface area contributed by atoms with Gasteiger partial charge in [0.25, 0.3) is 0 Å². The summed E-state index contributed by atoms with van der Waals surface area (Å²) in [7, 11) is 1.33. The van der Waals surface area contributed by atoms with Crippen molar-refractivity contribution >= 4 is 23.6 Å². The number of carbonyl (C=O) groups is 3. The zero-order valence-corrected chi connectivity index (χ0v) is 21.1. The number of allylic oxidation sites excluding steroid dienone is 1. The molecule has 0 radical (unpaired) electrons. The van der Waals surface area contributed by atoms with Crippen LogP contribution in [0.3, 0.4) is 0 Å². The standard InChI is InChI=1S/C26H36N2O5/c1-14(2)22(25(31)33-26(6,7)8)28-23(29)19-16(4)27-17(5)20(24(30)32-9)21(19)18-13-11-10-12-15(18)3/h10-14,20-22H,1-9H3,(H,28,29)/t20?,21?,22-/m0/s1. The summed E-state index contributed by atoms with van der Waals surface area (Å²) in [5, 5.41) is 2.86. The maximum Gasteiger partial charge on any atom is 0.329 e. The lowest BCUT2D eigenvalue weighted by atomic mass is 9.74. The fourth-order valence-corrected chi connectivity index (χ4v) is 4.12. The lowest BCUT2D eigenvalue weighted by Crippen LogP contribution is -2.49. The highest BCUT2D eigenvalue weighted by atomic mass is 16.6. The summed E-state index contributed by atoms with van der Waals surface area (Å²) in [6, 6.07) is 6.78. The lowest BCUT2D eigenvalue weighted by molar-refractivity contribution is -0.159. The molecular formula is C26H36N2O5. The van der Waals surface area contributed by atoms with Crippen LogP contribution in [-0.4, -0.2) is 42.3 Å². The zero-order valence-electron chi connectivity index (χ0n) is 21.1. The molecule has 1 aliphatic rings. The van der Waals surface area contributed by atoms with Crippen molar-refractivity contribution in [1.29, 1.82) is 0 Å². The summed E-state index contributed by atoms with van der Waals surface area (Å²) in [5.74, 6) is -2.96. The molecule has 1 N–H and O–H groups in total. The molecule has 3 atom stereocenters. The summed E-state index contributed by atoms with van der Waals surface area (Å²) in [4.78, 5) is 43.8. The number of rotatable bonds is 6. The van der Waals surface area contributed by atoms with Gasteiger partial charge in [0.15, 0.2) is 0 Å². The van der Waals surface area contributed by atoms with Crippen LogP contribution in [-0.2, 0) is 23.9 Å². The molecule has 33 heavy (non-hydrogen) atoms. The van der Waals surface area contributed by atoms with Crippen LogP contribution in [0.2, 0.25) is 0 Å². The van der Waals surface area contributed by atoms with Gasteiger partial charge in [-0.05, 0) is 58.6 Å². The minimum Gasteiger partial charge on any atom is -0.468 e. The molecule has 1 aromatic carbocycles. The van der Waals surface area contributed by atoms with E-state index in [1.165, 1.54) is 7.11 Å². The first kappa shape index (κ1) is 26.3. The Morgan fingerprint density at radius 1 is 1.06 bits per heavy atom. The summed E-state index contributed by atoms with van der Waals surface area (Å²) in [6.45, 7) is 14.5. The Morgan fingerprint density at radius 2 is 1.67 bits per heavy atom. The van der Waals surface area contributed by atoms with Crippen molar-refractivity contribution < 1.29 is 23.9 Å². The molecule has 0 fully saturated rings. The summed E-state index contributed by atoms with van der Waals surface area (Å²) >= 11 is 0. The molecule has 0 spiro atoms. The van der Waals surface area contributed by atoms with Crippen LogP contribution >= 0.6 is 0 Å². The first-order valence-corrected chi connectivity index (χ1v) is 11.2. The molecule has 7 nitrogen and oxygen atoms in total. The van der Waals surface area contributed by atoms with Crippen molar-refractivity contribution in [3.05, 3.63) is 46.7 Å². The number of nitrogens with one attached hydrogen (secondary N) is 1. The summed E-state index contributed by atoms with van der Waals surface area (Å²) in [5.41, 5.74) is 2.53. The molecule has 1 heterocycles. The van der Waals surface area contributed by atoms with Gasteiger partial charge < -0.3 is 14.8 Å². The van der Waals surface area contributed by atoms with Gasteiger partial charge in [0.05, 0.1) is 7.11 Å². The molecule has 0 aliphatic carbocycles. The van der Waals surface area contributed by atoms with E-state index in [2.05, 4.69) is 10.3 Å². The van der Waals surface area contributed by atoms with Crippen LogP contribution in [0.1, 0.15) is 65.5 Å². The van der Waals surface area contributed by atoms with Gasteiger partial charge >= 0.3 is 11.9 Å². The minimum absolute atomic E-state index is 0.202. The van der Waals surface area contributed by atoms with Crippen molar-refractivity contribution in [2.24, 2.45) is 16.8 Å². The molecular weight excluding hydrogens is 420 g/mol. The third-order valence-electron chi connectivity index (χ3n) is 5.67. The largest absolute Gasteiger partial charge is 0.468 e. The van der Waals surface area contributed by atoms with E-state index in [9.17, 15) is 14.4 Å². The SMILES string of the molecule is COC(=O)C1C(C)=NC(C)=C(C(=O)N[C@H](C(=O)OC(C)(C)C)C(C)C)C1c1ccccc1C. The summed E-state index contributed by atoms with van der Waals surface area (Å²) < 4.78 is 10.6. The normalized spacial score (nSPS) is 19.6. The molecule has 0 saturated carbocycles. The van der Waals surface area contributed by atoms with Crippen molar-refractivity contribution in [2.45, 2.75) is 73.0 Å². The van der Waals surface area contributed by atoms with Gasteiger partial charge in [0.1, 0.15) is 17.6 Å². The Labute approximate surface area is 196 Å². The van der Waals surface area contributed by atoms with Crippen LogP contribution in [0.15, 0.2) is 40.5 Å². The van der Waals surface area contributed by atoms with E-state index in [0.29, 0.717) is 17.0 Å². The van der Waals surface area contributed by atoms with Gasteiger partial charge in [0, 0.05) is 22.9 Å². The number of carbonyl (C=O) groups excluding carboxylic acids is 3. The second-order valence-corrected chi connectivity index (χ2v) is 9.82. The maximum absolute atomic E-state index is 13.7. The van der Waals surface area contributed by atoms with E-state index in [0.717, 1.165) is 11.1 Å². The van der Waals surface area contributed by atoms with Crippen LogP contribution in [0.4, 0.5) is 0 Å². The Hall–Kier alpha value is -2.96. The zero-order chi connectivity index (χ0) is 25.1. The molecule has 7 heteroatoms. The topological polar surface area (TPSA) is 94.1 Å². The highest BCUT2D eigenvalue weighted by Crippen LogP contribution is 2.40. The molecule has 0 aromatic heterocycles. The number of methoxy groups -OCH3 is 1. The minimum atomic E-state index is -0.849. The molecule has 180 valence electrons. The van der Waals surface area contributed by atoms with Gasteiger partial charge in [-0.15, -0.1) is 0 Å². The van der Waals surface area contributed by atoms with E-state index >= 15 is 0 Å². The molecule has 1 aromatic rings. The highest BCUT2D eigenvalue weighted by Gasteiger charge is 2.43. The first-order valence-electron chi connectivity index (χ1n) is 11.2. The van der Waals surface area contributed by atoms with E-state index in [4.69, 9.17) is 9.47 Å². The van der Waals surface area contributed by atoms with Crippen molar-refractivity contribution in [3.8, 4) is 0 Å². The third-order valence-corrected chi connectivity index (χ3v) is 5.67. The second-order valence-electron chi connectivity index (χ2n) is 9.82. The Bertz CT molecular complexity index is 985. The van der Waals surface area contributed by atoms with Crippen molar-refractivity contribution in [3.63, 3.8) is 0 Å². The number of nitrogens with zero attached hydrogens (tertiary/aromatic N) is 1. The highest BCUT2D eigenvalue weighted by molar-refractivity contribution is 6.08. The third kappa shape index (κ3) is 6.09. The van der Waals surface area contributed by atoms with Gasteiger partial charge in [0.2, 0.25) is 5.91 Å². The fraction of sp³-hybridized carbons (Fsp3) is 0.538. The predicted molar refractivity (Wildman–Crippen MR) is 128 cm³/mol. The smallest absolute Gasteiger partial charge is 0.329 e. The lowest BCUT2D eigenvalue weighted by Gasteiger charge is -2.33. The van der Waals surface area contributed by atoms with Crippen molar-refractivity contribution in [2.75, 3.05) is 7.11 Å². The molecule has 1 aliphatic heterocycles. The summed E-state index contributed by atoms with van der Waals surface area (Å²) in [6.07, 6.45) is 0. The van der Waals surface area contributed by atoms with Gasteiger partial charge in [-0.2, -0.15) is 0 Å². The van der Waals surface area contributed by atoms with Gasteiger partial charge in [-0.1, -0.05) is 38.1 Å². The van der Waals surface area contributed by atoms with Crippen LogP contribution in [0.5, 0.6) is 0 Å².